The minimum Gasteiger partial charge on any atom is -0.348 e. The Balaban J connectivity index is 2.83. The Hall–Kier alpha value is -0.610. The summed E-state index contributed by atoms with van der Waals surface area (Å²) < 4.78 is 0. The van der Waals surface area contributed by atoms with E-state index in [9.17, 15) is 0 Å². The molecule has 0 unspecified atom stereocenters. The summed E-state index contributed by atoms with van der Waals surface area (Å²) >= 11 is 1.87. The minimum atomic E-state index is 0.526. The molecular formula is C15H29N3S. The number of rotatable bonds is 9. The lowest BCUT2D eigenvalue weighted by atomic mass is 10.3. The predicted molar refractivity (Wildman–Crippen MR) is 86.3 cm³/mol. The molecule has 0 saturated carbocycles. The average Bonchev–Trinajstić information content (AvgIpc) is 2.79. The molecule has 1 rings (SSSR count). The zero-order valence-corrected chi connectivity index (χ0v) is 13.9. The lowest BCUT2D eigenvalue weighted by Gasteiger charge is -2.20. The SMILES string of the molecule is CCCN(CCC)c1nc(CC)c(CNC(C)C)s1. The summed E-state index contributed by atoms with van der Waals surface area (Å²) in [6.45, 7) is 14.2. The number of anilines is 1. The van der Waals surface area contributed by atoms with E-state index in [0.717, 1.165) is 26.1 Å². The minimum absolute atomic E-state index is 0.526. The summed E-state index contributed by atoms with van der Waals surface area (Å²) in [5.41, 5.74) is 1.27. The molecule has 0 saturated heterocycles. The quantitative estimate of drug-likeness (QED) is 0.746. The number of nitrogens with one attached hydrogen (secondary N) is 1. The van der Waals surface area contributed by atoms with E-state index >= 15 is 0 Å². The number of hydrogen-bond acceptors (Lipinski definition) is 4. The van der Waals surface area contributed by atoms with Gasteiger partial charge in [-0.25, -0.2) is 4.98 Å². The van der Waals surface area contributed by atoms with Gasteiger partial charge in [-0.05, 0) is 19.3 Å². The first-order valence-electron chi connectivity index (χ1n) is 7.59. The number of nitrogens with zero attached hydrogens (tertiary/aromatic N) is 2. The normalized spacial score (nSPS) is 11.3. The van der Waals surface area contributed by atoms with Gasteiger partial charge in [-0.1, -0.05) is 34.6 Å². The van der Waals surface area contributed by atoms with Crippen molar-refractivity contribution < 1.29 is 0 Å². The third-order valence-electron chi connectivity index (χ3n) is 3.03. The van der Waals surface area contributed by atoms with Crippen LogP contribution < -0.4 is 10.2 Å². The third kappa shape index (κ3) is 5.11. The second kappa shape index (κ2) is 8.54. The van der Waals surface area contributed by atoms with E-state index in [-0.39, 0.29) is 0 Å². The summed E-state index contributed by atoms with van der Waals surface area (Å²) in [7, 11) is 0. The van der Waals surface area contributed by atoms with Gasteiger partial charge in [0.1, 0.15) is 0 Å². The van der Waals surface area contributed by atoms with Gasteiger partial charge in [0, 0.05) is 30.6 Å². The molecule has 110 valence electrons. The van der Waals surface area contributed by atoms with Gasteiger partial charge in [0.2, 0.25) is 0 Å². The molecule has 1 aromatic rings. The molecule has 0 aliphatic carbocycles. The largest absolute Gasteiger partial charge is 0.348 e. The Labute approximate surface area is 122 Å². The molecule has 0 atom stereocenters. The van der Waals surface area contributed by atoms with Crippen LogP contribution in [0.3, 0.4) is 0 Å². The van der Waals surface area contributed by atoms with Gasteiger partial charge in [-0.3, -0.25) is 0 Å². The van der Waals surface area contributed by atoms with Gasteiger partial charge in [0.15, 0.2) is 5.13 Å². The molecule has 1 heterocycles. The number of aromatic nitrogens is 1. The Morgan fingerprint density at radius 3 is 2.26 bits per heavy atom. The molecule has 0 fully saturated rings. The maximum absolute atomic E-state index is 4.85. The second-order valence-corrected chi connectivity index (χ2v) is 6.30. The highest BCUT2D eigenvalue weighted by Crippen LogP contribution is 2.27. The fourth-order valence-electron chi connectivity index (χ4n) is 2.06. The fraction of sp³-hybridized carbons (Fsp3) is 0.800. The molecule has 1 N–H and O–H groups in total. The van der Waals surface area contributed by atoms with E-state index in [0.29, 0.717) is 6.04 Å². The zero-order chi connectivity index (χ0) is 14.3. The number of hydrogen-bond donors (Lipinski definition) is 1. The van der Waals surface area contributed by atoms with Gasteiger partial charge in [-0.2, -0.15) is 0 Å². The van der Waals surface area contributed by atoms with E-state index in [1.165, 1.54) is 28.5 Å². The Morgan fingerprint density at radius 1 is 1.16 bits per heavy atom. The fourth-order valence-corrected chi connectivity index (χ4v) is 3.21. The van der Waals surface area contributed by atoms with Gasteiger partial charge in [0.05, 0.1) is 5.69 Å². The van der Waals surface area contributed by atoms with Gasteiger partial charge < -0.3 is 10.2 Å². The molecule has 19 heavy (non-hydrogen) atoms. The molecule has 0 amide bonds. The van der Waals surface area contributed by atoms with Crippen LogP contribution in [0.25, 0.3) is 0 Å². The summed E-state index contributed by atoms with van der Waals surface area (Å²) in [4.78, 5) is 8.69. The van der Waals surface area contributed by atoms with Crippen LogP contribution >= 0.6 is 11.3 Å². The van der Waals surface area contributed by atoms with Crippen molar-refractivity contribution in [2.24, 2.45) is 0 Å². The first-order chi connectivity index (χ1) is 9.12. The number of thiazole rings is 1. The van der Waals surface area contributed by atoms with Crippen LogP contribution in [0, 0.1) is 0 Å². The summed E-state index contributed by atoms with van der Waals surface area (Å²) in [6, 6.07) is 0.526. The molecule has 0 bridgehead atoms. The van der Waals surface area contributed by atoms with E-state index in [2.05, 4.69) is 44.8 Å². The van der Waals surface area contributed by atoms with Crippen molar-refractivity contribution in [3.05, 3.63) is 10.6 Å². The van der Waals surface area contributed by atoms with Crippen LogP contribution in [0.15, 0.2) is 0 Å². The molecular weight excluding hydrogens is 254 g/mol. The van der Waals surface area contributed by atoms with Crippen molar-refractivity contribution in [3.63, 3.8) is 0 Å². The van der Waals surface area contributed by atoms with Crippen molar-refractivity contribution in [2.45, 2.75) is 66.5 Å². The molecule has 0 aliphatic rings. The highest BCUT2D eigenvalue weighted by atomic mass is 32.1. The van der Waals surface area contributed by atoms with Crippen molar-refractivity contribution in [3.8, 4) is 0 Å². The zero-order valence-electron chi connectivity index (χ0n) is 13.1. The molecule has 0 aliphatic heterocycles. The Morgan fingerprint density at radius 2 is 1.79 bits per heavy atom. The number of aryl methyl sites for hydroxylation is 1. The van der Waals surface area contributed by atoms with Crippen molar-refractivity contribution in [1.29, 1.82) is 0 Å². The van der Waals surface area contributed by atoms with Gasteiger partial charge >= 0.3 is 0 Å². The first-order valence-corrected chi connectivity index (χ1v) is 8.40. The topological polar surface area (TPSA) is 28.2 Å². The van der Waals surface area contributed by atoms with E-state index in [1.807, 2.05) is 11.3 Å². The summed E-state index contributed by atoms with van der Waals surface area (Å²) in [5.74, 6) is 0. The highest BCUT2D eigenvalue weighted by molar-refractivity contribution is 7.15. The Kier molecular flexibility index (Phi) is 7.39. The van der Waals surface area contributed by atoms with E-state index in [4.69, 9.17) is 4.98 Å². The van der Waals surface area contributed by atoms with Crippen LogP contribution in [0.1, 0.15) is 58.0 Å². The molecule has 4 heteroatoms. The lowest BCUT2D eigenvalue weighted by molar-refractivity contribution is 0.590. The van der Waals surface area contributed by atoms with Crippen molar-refractivity contribution >= 4 is 16.5 Å². The standard InChI is InChI=1S/C15H29N3S/c1-6-9-18(10-7-2)15-17-13(8-3)14(19-15)11-16-12(4)5/h12,16H,6-11H2,1-5H3. The van der Waals surface area contributed by atoms with E-state index < -0.39 is 0 Å². The van der Waals surface area contributed by atoms with Crippen LogP contribution in [0.2, 0.25) is 0 Å². The average molecular weight is 283 g/mol. The van der Waals surface area contributed by atoms with Crippen LogP contribution in [0.5, 0.6) is 0 Å². The predicted octanol–water partition coefficient (Wildman–Crippen LogP) is 3.83. The van der Waals surface area contributed by atoms with Crippen LogP contribution in [0.4, 0.5) is 5.13 Å². The van der Waals surface area contributed by atoms with Gasteiger partial charge in [0.25, 0.3) is 0 Å². The smallest absolute Gasteiger partial charge is 0.185 e. The maximum Gasteiger partial charge on any atom is 0.185 e. The van der Waals surface area contributed by atoms with Crippen molar-refractivity contribution in [2.75, 3.05) is 18.0 Å². The lowest BCUT2D eigenvalue weighted by Crippen LogP contribution is -2.24. The van der Waals surface area contributed by atoms with E-state index in [1.54, 1.807) is 0 Å². The van der Waals surface area contributed by atoms with Crippen molar-refractivity contribution in [1.82, 2.24) is 10.3 Å². The molecule has 3 nitrogen and oxygen atoms in total. The molecule has 0 aromatic carbocycles. The third-order valence-corrected chi connectivity index (χ3v) is 4.19. The summed E-state index contributed by atoms with van der Waals surface area (Å²) in [6.07, 6.45) is 3.39. The second-order valence-electron chi connectivity index (χ2n) is 5.24. The van der Waals surface area contributed by atoms with Crippen LogP contribution in [-0.4, -0.2) is 24.1 Å². The molecule has 1 aromatic heterocycles. The molecule has 0 spiro atoms. The maximum atomic E-state index is 4.85. The van der Waals surface area contributed by atoms with Crippen LogP contribution in [-0.2, 0) is 13.0 Å². The molecule has 0 radical (unpaired) electrons. The highest BCUT2D eigenvalue weighted by Gasteiger charge is 2.14. The monoisotopic (exact) mass is 283 g/mol. The van der Waals surface area contributed by atoms with Gasteiger partial charge in [-0.15, -0.1) is 11.3 Å². The first kappa shape index (κ1) is 16.4. The summed E-state index contributed by atoms with van der Waals surface area (Å²) in [5, 5.41) is 4.71. The Bertz CT molecular complexity index is 354.